The van der Waals surface area contributed by atoms with Crippen molar-refractivity contribution in [3.8, 4) is 23.0 Å². The van der Waals surface area contributed by atoms with E-state index in [9.17, 15) is 9.59 Å². The lowest BCUT2D eigenvalue weighted by molar-refractivity contribution is 0.0948. The summed E-state index contributed by atoms with van der Waals surface area (Å²) in [6.07, 6.45) is 0.609. The van der Waals surface area contributed by atoms with Crippen molar-refractivity contribution < 1.29 is 28.5 Å². The fourth-order valence-electron chi connectivity index (χ4n) is 2.99. The Balaban J connectivity index is 1.56. The van der Waals surface area contributed by atoms with Crippen LogP contribution in [0.1, 0.15) is 26.4 Å². The molecule has 174 valence electrons. The van der Waals surface area contributed by atoms with Gasteiger partial charge in [0.05, 0.1) is 28.4 Å². The minimum atomic E-state index is -0.387. The first-order chi connectivity index (χ1) is 16.0. The topological polar surface area (TPSA) is 108 Å². The van der Waals surface area contributed by atoms with Gasteiger partial charge in [-0.15, -0.1) is 11.3 Å². The fourth-order valence-corrected chi connectivity index (χ4v) is 3.68. The van der Waals surface area contributed by atoms with Crippen LogP contribution in [0.3, 0.4) is 0 Å². The number of aromatic nitrogens is 1. The molecule has 9 nitrogen and oxygen atoms in total. The minimum absolute atomic E-state index is 0.228. The van der Waals surface area contributed by atoms with Crippen LogP contribution < -0.4 is 29.6 Å². The molecule has 3 aromatic rings. The number of hydrogen-bond donors (Lipinski definition) is 2. The third-order valence-electron chi connectivity index (χ3n) is 4.72. The number of ether oxygens (including phenoxy) is 4. The largest absolute Gasteiger partial charge is 0.497 e. The first kappa shape index (κ1) is 23.9. The number of rotatable bonds is 10. The van der Waals surface area contributed by atoms with E-state index >= 15 is 0 Å². The summed E-state index contributed by atoms with van der Waals surface area (Å²) in [4.78, 5) is 29.2. The van der Waals surface area contributed by atoms with Crippen LogP contribution in [-0.2, 0) is 6.42 Å². The van der Waals surface area contributed by atoms with Crippen molar-refractivity contribution in [1.82, 2.24) is 10.3 Å². The van der Waals surface area contributed by atoms with Crippen LogP contribution in [0.5, 0.6) is 23.0 Å². The molecular weight excluding hydrogens is 446 g/mol. The number of carbonyl (C=O) groups is 2. The van der Waals surface area contributed by atoms with Crippen molar-refractivity contribution in [2.45, 2.75) is 6.42 Å². The van der Waals surface area contributed by atoms with E-state index in [1.54, 1.807) is 37.8 Å². The molecule has 0 fully saturated rings. The second kappa shape index (κ2) is 11.2. The fraction of sp³-hybridized carbons (Fsp3) is 0.261. The first-order valence-corrected chi connectivity index (χ1v) is 10.8. The van der Waals surface area contributed by atoms with Crippen LogP contribution in [0, 0.1) is 0 Å². The van der Waals surface area contributed by atoms with E-state index < -0.39 is 0 Å². The van der Waals surface area contributed by atoms with Gasteiger partial charge in [-0.3, -0.25) is 14.9 Å². The van der Waals surface area contributed by atoms with Gasteiger partial charge in [0.1, 0.15) is 17.2 Å². The maximum absolute atomic E-state index is 12.6. The Kier molecular flexibility index (Phi) is 8.09. The number of carbonyl (C=O) groups excluding carboxylic acids is 2. The number of anilines is 1. The summed E-state index contributed by atoms with van der Waals surface area (Å²) in [5.41, 5.74) is 1.57. The van der Waals surface area contributed by atoms with Gasteiger partial charge in [-0.1, -0.05) is 6.07 Å². The molecular formula is C23H25N3O6S. The number of nitrogens with one attached hydrogen (secondary N) is 2. The zero-order valence-corrected chi connectivity index (χ0v) is 19.6. The summed E-state index contributed by atoms with van der Waals surface area (Å²) in [5.74, 6) is 1.56. The molecule has 0 atom stereocenters. The number of hydrogen-bond acceptors (Lipinski definition) is 8. The molecule has 0 saturated heterocycles. The van der Waals surface area contributed by atoms with Gasteiger partial charge < -0.3 is 24.3 Å². The summed E-state index contributed by atoms with van der Waals surface area (Å²) in [7, 11) is 6.17. The predicted octanol–water partition coefficient (Wildman–Crippen LogP) is 3.40. The smallest absolute Gasteiger partial charge is 0.270 e. The summed E-state index contributed by atoms with van der Waals surface area (Å²) in [6, 6.07) is 10.5. The van der Waals surface area contributed by atoms with E-state index in [1.807, 2.05) is 18.2 Å². The summed E-state index contributed by atoms with van der Waals surface area (Å²) < 4.78 is 20.9. The van der Waals surface area contributed by atoms with Crippen molar-refractivity contribution in [2.24, 2.45) is 0 Å². The SMILES string of the molecule is COc1cc(OC)cc(C(=O)Nc2nc(C(=O)NCCc3ccc(OC)c(OC)c3)cs2)c1. The summed E-state index contributed by atoms with van der Waals surface area (Å²) in [5, 5.41) is 7.43. The molecule has 2 N–H and O–H groups in total. The van der Waals surface area contributed by atoms with Crippen LogP contribution in [0.4, 0.5) is 5.13 Å². The third-order valence-corrected chi connectivity index (χ3v) is 5.48. The molecule has 2 amide bonds. The average Bonchev–Trinajstić information content (AvgIpc) is 3.31. The highest BCUT2D eigenvalue weighted by molar-refractivity contribution is 7.14. The van der Waals surface area contributed by atoms with Gasteiger partial charge in [-0.25, -0.2) is 4.98 Å². The molecule has 0 bridgehead atoms. The number of nitrogens with zero attached hydrogens (tertiary/aromatic N) is 1. The molecule has 0 aliphatic rings. The minimum Gasteiger partial charge on any atom is -0.497 e. The Morgan fingerprint density at radius 3 is 2.21 bits per heavy atom. The highest BCUT2D eigenvalue weighted by atomic mass is 32.1. The van der Waals surface area contributed by atoms with Crippen LogP contribution in [-0.4, -0.2) is 51.8 Å². The molecule has 0 saturated carbocycles. The lowest BCUT2D eigenvalue weighted by atomic mass is 10.1. The molecule has 0 aliphatic heterocycles. The Hall–Kier alpha value is -3.79. The van der Waals surface area contributed by atoms with E-state index in [0.29, 0.717) is 46.7 Å². The Morgan fingerprint density at radius 2 is 1.58 bits per heavy atom. The van der Waals surface area contributed by atoms with Crippen molar-refractivity contribution >= 4 is 28.3 Å². The van der Waals surface area contributed by atoms with Gasteiger partial charge >= 0.3 is 0 Å². The molecule has 3 rings (SSSR count). The number of methoxy groups -OCH3 is 4. The van der Waals surface area contributed by atoms with Gasteiger partial charge in [-0.05, 0) is 36.2 Å². The van der Waals surface area contributed by atoms with Crippen molar-refractivity contribution in [2.75, 3.05) is 40.3 Å². The highest BCUT2D eigenvalue weighted by Gasteiger charge is 2.15. The van der Waals surface area contributed by atoms with Crippen LogP contribution in [0.25, 0.3) is 0 Å². The summed E-state index contributed by atoms with van der Waals surface area (Å²) >= 11 is 1.16. The molecule has 0 spiro atoms. The number of thiazole rings is 1. The number of benzene rings is 2. The van der Waals surface area contributed by atoms with E-state index in [2.05, 4.69) is 15.6 Å². The van der Waals surface area contributed by atoms with Crippen molar-refractivity contribution in [1.29, 1.82) is 0 Å². The van der Waals surface area contributed by atoms with Gasteiger partial charge in [0.2, 0.25) is 0 Å². The molecule has 10 heteroatoms. The number of amides is 2. The predicted molar refractivity (Wildman–Crippen MR) is 125 cm³/mol. The third kappa shape index (κ3) is 6.13. The van der Waals surface area contributed by atoms with Crippen LogP contribution >= 0.6 is 11.3 Å². The molecule has 1 aromatic heterocycles. The van der Waals surface area contributed by atoms with E-state index in [1.165, 1.54) is 14.2 Å². The van der Waals surface area contributed by atoms with E-state index in [4.69, 9.17) is 18.9 Å². The van der Waals surface area contributed by atoms with Gasteiger partial charge in [0.25, 0.3) is 11.8 Å². The standard InChI is InChI=1S/C23H25N3O6S/c1-29-16-10-15(11-17(12-16)30-2)21(27)26-23-25-18(13-33-23)22(28)24-8-7-14-5-6-19(31-3)20(9-14)32-4/h5-6,9-13H,7-8H2,1-4H3,(H,24,28)(H,25,26,27). The molecule has 0 aliphatic carbocycles. The lowest BCUT2D eigenvalue weighted by Crippen LogP contribution is -2.26. The van der Waals surface area contributed by atoms with E-state index in [0.717, 1.165) is 16.9 Å². The zero-order valence-electron chi connectivity index (χ0n) is 18.8. The molecule has 0 unspecified atom stereocenters. The van der Waals surface area contributed by atoms with Gasteiger partial charge in [0, 0.05) is 23.6 Å². The molecule has 0 radical (unpaired) electrons. The summed E-state index contributed by atoms with van der Waals surface area (Å²) in [6.45, 7) is 0.414. The molecule has 2 aromatic carbocycles. The Morgan fingerprint density at radius 1 is 0.879 bits per heavy atom. The Labute approximate surface area is 195 Å². The lowest BCUT2D eigenvalue weighted by Gasteiger charge is -2.10. The first-order valence-electron chi connectivity index (χ1n) is 9.96. The van der Waals surface area contributed by atoms with Gasteiger partial charge in [0.15, 0.2) is 16.6 Å². The quantitative estimate of drug-likeness (QED) is 0.467. The van der Waals surface area contributed by atoms with E-state index in [-0.39, 0.29) is 17.5 Å². The van der Waals surface area contributed by atoms with Crippen LogP contribution in [0.15, 0.2) is 41.8 Å². The van der Waals surface area contributed by atoms with Crippen LogP contribution in [0.2, 0.25) is 0 Å². The molecule has 33 heavy (non-hydrogen) atoms. The zero-order chi connectivity index (χ0) is 23.8. The maximum atomic E-state index is 12.6. The van der Waals surface area contributed by atoms with Crippen molar-refractivity contribution in [3.63, 3.8) is 0 Å². The highest BCUT2D eigenvalue weighted by Crippen LogP contribution is 2.27. The normalized spacial score (nSPS) is 10.3. The van der Waals surface area contributed by atoms with Gasteiger partial charge in [-0.2, -0.15) is 0 Å². The molecule has 1 heterocycles. The monoisotopic (exact) mass is 471 g/mol. The second-order valence-electron chi connectivity index (χ2n) is 6.79. The van der Waals surface area contributed by atoms with Crippen molar-refractivity contribution in [3.05, 3.63) is 58.6 Å². The average molecular weight is 472 g/mol. The Bertz CT molecular complexity index is 1110. The second-order valence-corrected chi connectivity index (χ2v) is 7.65. The maximum Gasteiger partial charge on any atom is 0.270 e.